The predicted octanol–water partition coefficient (Wildman–Crippen LogP) is 29.3. The van der Waals surface area contributed by atoms with Gasteiger partial charge >= 0.3 is 0 Å². The molecule has 0 aromatic heterocycles. The number of nitrogens with zero attached hydrogens (tertiary/aromatic N) is 2. The highest BCUT2D eigenvalue weighted by Crippen LogP contribution is 2.66. The first-order valence-corrected chi connectivity index (χ1v) is 37.4. The standard InChI is InChI=1S/C105H104N2/c1-100(2,3)77-52-74(53-78(60-77)101(4,5)6)70-47-49-85-91(56-70)106(98-87(66-35-23-19-24-36-66)62-81(104(13,14)15)63-88(98)67-37-25-20-26-38-67)93-58-76(95-83-45-33-31-43-72(83)51-73-44-32-34-46-84(73)95)59-94-97(93)96(85)86-50-48-71(75-54-79(102(7,8)9)61-80(55-75)103(10,11)12)57-92(86)107(94)99-89(68-39-27-21-28-40-68)64-82(105(16,17)18)65-90(99)69-41-29-22-30-42-69/h19-50,52-65,95-96H,51H2,1-18H3/i19D,20D,21D,23D,24D,25D,26D,27D,28D,29D,30D,35D,36D,37D,38D,39D,40D,41D,42D. The van der Waals surface area contributed by atoms with Crippen LogP contribution < -0.4 is 9.80 Å². The highest BCUT2D eigenvalue weighted by Gasteiger charge is 2.46. The topological polar surface area (TPSA) is 6.48 Å². The molecule has 16 rings (SSSR count). The van der Waals surface area contributed by atoms with Gasteiger partial charge in [0.05, 0.1) is 60.2 Å². The summed E-state index contributed by atoms with van der Waals surface area (Å²) in [6, 6.07) is 44.3. The second kappa shape index (κ2) is 26.2. The Morgan fingerprint density at radius 2 is 0.570 bits per heavy atom. The van der Waals surface area contributed by atoms with Crippen LogP contribution in [-0.4, -0.2) is 0 Å². The lowest BCUT2D eigenvalue weighted by Crippen LogP contribution is -2.31. The summed E-state index contributed by atoms with van der Waals surface area (Å²) in [5.41, 5.74) is 13.1. The Morgan fingerprint density at radius 1 is 0.262 bits per heavy atom. The number of anilines is 6. The number of fused-ring (bicyclic) bond motifs is 6. The Balaban J connectivity index is 1.23. The van der Waals surface area contributed by atoms with Crippen molar-refractivity contribution in [1.29, 1.82) is 0 Å². The zero-order valence-electron chi connectivity index (χ0n) is 83.8. The lowest BCUT2D eigenvalue weighted by molar-refractivity contribution is 0.568. The average molecular weight is 1410 g/mol. The molecule has 2 aliphatic heterocycles. The number of rotatable bonds is 9. The first-order chi connectivity index (χ1) is 58.7. The summed E-state index contributed by atoms with van der Waals surface area (Å²) in [5, 5.41) is 0. The van der Waals surface area contributed by atoms with Gasteiger partial charge in [-0.1, -0.05) is 355 Å². The lowest BCUT2D eigenvalue weighted by Gasteiger charge is -2.47. The fraction of sp³-hybridized carbons (Fsp3) is 0.257. The third-order valence-electron chi connectivity index (χ3n) is 22.1. The zero-order chi connectivity index (χ0) is 91.6. The van der Waals surface area contributed by atoms with E-state index in [4.69, 9.17) is 0 Å². The molecule has 1 atom stereocenters. The normalized spacial score (nSPS) is 16.9. The van der Waals surface area contributed by atoms with Gasteiger partial charge < -0.3 is 9.80 Å². The maximum Gasteiger partial charge on any atom is 0.0629 e. The molecule has 2 heteroatoms. The van der Waals surface area contributed by atoms with Gasteiger partial charge in [-0.25, -0.2) is 0 Å². The van der Waals surface area contributed by atoms with Crippen LogP contribution in [0.1, 0.15) is 240 Å². The molecule has 1 unspecified atom stereocenters. The van der Waals surface area contributed by atoms with E-state index in [1.54, 1.807) is 12.1 Å². The fourth-order valence-corrected chi connectivity index (χ4v) is 16.0. The van der Waals surface area contributed by atoms with Crippen LogP contribution in [0, 0.1) is 0 Å². The summed E-state index contributed by atoms with van der Waals surface area (Å²) in [7, 11) is 0. The maximum atomic E-state index is 10.3. The van der Waals surface area contributed by atoms with E-state index >= 15 is 0 Å². The van der Waals surface area contributed by atoms with Crippen molar-refractivity contribution in [1.82, 2.24) is 0 Å². The van der Waals surface area contributed by atoms with E-state index in [-0.39, 0.29) is 89.6 Å². The summed E-state index contributed by atoms with van der Waals surface area (Å²) >= 11 is 0. The van der Waals surface area contributed by atoms with E-state index in [9.17, 15) is 26.0 Å². The molecule has 0 spiro atoms. The van der Waals surface area contributed by atoms with Crippen LogP contribution in [0.15, 0.2) is 279 Å². The van der Waals surface area contributed by atoms with Gasteiger partial charge in [-0.3, -0.25) is 0 Å². The van der Waals surface area contributed by atoms with Crippen LogP contribution in [0.4, 0.5) is 34.1 Å². The van der Waals surface area contributed by atoms with Crippen molar-refractivity contribution in [3.8, 4) is 66.8 Å². The Bertz CT molecular complexity index is 6520. The largest absolute Gasteiger partial charge is 0.309 e. The molecular formula is C105H104N2. The van der Waals surface area contributed by atoms with Gasteiger partial charge in [-0.2, -0.15) is 0 Å². The SMILES string of the molecule is [2H]c1cc([2H])c([2H])c(-c2cc(C(C)(C)C)cc(-c3c([2H])c([2H])c([2H])c([2H])c3[2H])c2N2c3cc(-c4cc(C(C)(C)C)cc(C(C)(C)C)c4)ccc3C3c4ccc(-c5cc(C(C)(C)C)cc(C(C)(C)C)c5)cc4N(c4c(-c5c([2H])c([2H])c([2H])c([2H])c5[2H])cc(C(C)(C)C)cc4-c4c([2H])c([2H])c([2H])c([2H])c4[2H])c4cc(C5c6ccccc6Cc6ccccc65)cc2c43)c1[2H]. The van der Waals surface area contributed by atoms with Gasteiger partial charge in [0.2, 0.25) is 0 Å². The first-order valence-electron chi connectivity index (χ1n) is 46.9. The Kier molecular flexibility index (Phi) is 12.6. The molecule has 0 fully saturated rings. The van der Waals surface area contributed by atoms with Gasteiger partial charge in [0.1, 0.15) is 0 Å². The number of hydrogen-bond donors (Lipinski definition) is 0. The number of benzene rings is 13. The summed E-state index contributed by atoms with van der Waals surface area (Å²) < 4.78 is 187. The second-order valence-corrected chi connectivity index (χ2v) is 35.6. The van der Waals surface area contributed by atoms with Crippen molar-refractivity contribution in [3.63, 3.8) is 0 Å². The molecule has 0 N–H and O–H groups in total. The van der Waals surface area contributed by atoms with Crippen molar-refractivity contribution in [2.75, 3.05) is 9.80 Å². The summed E-state index contributed by atoms with van der Waals surface area (Å²) in [4.78, 5) is 4.05. The van der Waals surface area contributed by atoms with Gasteiger partial charge in [0.15, 0.2) is 0 Å². The smallest absolute Gasteiger partial charge is 0.0629 e. The molecule has 0 radical (unpaired) electrons. The molecule has 13 aromatic rings. The van der Waals surface area contributed by atoms with E-state index in [1.807, 2.05) is 87.7 Å². The van der Waals surface area contributed by atoms with E-state index in [1.165, 1.54) is 0 Å². The summed E-state index contributed by atoms with van der Waals surface area (Å²) in [6.45, 7) is 37.9. The van der Waals surface area contributed by atoms with E-state index in [2.05, 4.69) is 192 Å². The van der Waals surface area contributed by atoms with Crippen molar-refractivity contribution in [2.45, 2.75) is 175 Å². The predicted molar refractivity (Wildman–Crippen MR) is 458 cm³/mol. The minimum atomic E-state index is -0.897. The Morgan fingerprint density at radius 3 is 0.897 bits per heavy atom. The molecule has 107 heavy (non-hydrogen) atoms. The molecule has 0 saturated carbocycles. The van der Waals surface area contributed by atoms with E-state index in [0.717, 1.165) is 72.8 Å². The van der Waals surface area contributed by atoms with Crippen molar-refractivity contribution in [2.24, 2.45) is 0 Å². The number of hydrogen-bond acceptors (Lipinski definition) is 2. The Labute approximate surface area is 665 Å². The van der Waals surface area contributed by atoms with Gasteiger partial charge in [-0.05, 0) is 204 Å². The second-order valence-electron chi connectivity index (χ2n) is 35.6. The van der Waals surface area contributed by atoms with Crippen LogP contribution in [0.25, 0.3) is 66.8 Å². The summed E-state index contributed by atoms with van der Waals surface area (Å²) in [5.74, 6) is -1.56. The van der Waals surface area contributed by atoms with Crippen LogP contribution in [0.2, 0.25) is 0 Å². The molecule has 534 valence electrons. The van der Waals surface area contributed by atoms with Crippen LogP contribution in [0.5, 0.6) is 0 Å². The Hall–Kier alpha value is -10.5. The molecule has 1 aliphatic carbocycles. The monoisotopic (exact) mass is 1410 g/mol. The van der Waals surface area contributed by atoms with Gasteiger partial charge in [0.25, 0.3) is 0 Å². The van der Waals surface area contributed by atoms with Crippen molar-refractivity contribution >= 4 is 34.1 Å². The molecule has 13 aromatic carbocycles. The van der Waals surface area contributed by atoms with Crippen LogP contribution >= 0.6 is 0 Å². The molecule has 2 heterocycles. The first kappa shape index (κ1) is 51.6. The van der Waals surface area contributed by atoms with E-state index in [0.29, 0.717) is 62.6 Å². The van der Waals surface area contributed by atoms with E-state index < -0.39 is 125 Å². The molecule has 2 nitrogen and oxygen atoms in total. The minimum absolute atomic E-state index is 0.0501. The quantitative estimate of drug-likeness (QED) is 0.142. The van der Waals surface area contributed by atoms with Crippen molar-refractivity contribution in [3.05, 3.63) is 356 Å². The highest BCUT2D eigenvalue weighted by molar-refractivity contribution is 6.07. The minimum Gasteiger partial charge on any atom is -0.309 e. The average Bonchev–Trinajstić information content (AvgIpc) is 0.679. The molecule has 0 saturated heterocycles. The molecule has 3 aliphatic rings. The summed E-state index contributed by atoms with van der Waals surface area (Å²) in [6.07, 6.45) is 0.555. The van der Waals surface area contributed by atoms with Crippen molar-refractivity contribution < 1.29 is 26.0 Å². The lowest BCUT2D eigenvalue weighted by atomic mass is 9.71. The van der Waals surface area contributed by atoms with Crippen LogP contribution in [0.3, 0.4) is 0 Å². The fourth-order valence-electron chi connectivity index (χ4n) is 16.0. The molecule has 0 bridgehead atoms. The van der Waals surface area contributed by atoms with Crippen LogP contribution in [-0.2, 0) is 38.9 Å². The van der Waals surface area contributed by atoms with Gasteiger partial charge in [-0.15, -0.1) is 0 Å². The highest BCUT2D eigenvalue weighted by atomic mass is 15.2. The molecular weight excluding hydrogens is 1290 g/mol. The molecule has 0 amide bonds. The maximum absolute atomic E-state index is 10.3. The third-order valence-corrected chi connectivity index (χ3v) is 22.1. The third kappa shape index (κ3) is 13.0. The van der Waals surface area contributed by atoms with Gasteiger partial charge in [0, 0.05) is 39.7 Å². The zero-order valence-corrected chi connectivity index (χ0v) is 64.8.